The summed E-state index contributed by atoms with van der Waals surface area (Å²) in [5.41, 5.74) is 2.90. The van der Waals surface area contributed by atoms with E-state index in [0.29, 0.717) is 18.1 Å². The van der Waals surface area contributed by atoms with E-state index in [-0.39, 0.29) is 0 Å². The SMILES string of the molecule is Cc1ccccc1CN1CCC(NC2CCCC2C2COCCN2)CC1. The topological polar surface area (TPSA) is 36.5 Å². The van der Waals surface area contributed by atoms with Crippen LogP contribution < -0.4 is 10.6 Å². The van der Waals surface area contributed by atoms with Gasteiger partial charge in [0.2, 0.25) is 0 Å². The number of nitrogens with one attached hydrogen (secondary N) is 2. The lowest BCUT2D eigenvalue weighted by atomic mass is 9.92. The fourth-order valence-electron chi connectivity index (χ4n) is 5.13. The number of benzene rings is 1. The first-order valence-electron chi connectivity index (χ1n) is 10.6. The van der Waals surface area contributed by atoms with Gasteiger partial charge in [0.1, 0.15) is 0 Å². The molecule has 3 unspecified atom stereocenters. The Kier molecular flexibility index (Phi) is 6.26. The summed E-state index contributed by atoms with van der Waals surface area (Å²) in [4.78, 5) is 2.63. The molecule has 2 saturated heterocycles. The molecular formula is C22H35N3O. The molecule has 2 heterocycles. The molecule has 4 nitrogen and oxygen atoms in total. The van der Waals surface area contributed by atoms with Crippen molar-refractivity contribution in [2.45, 2.75) is 63.7 Å². The van der Waals surface area contributed by atoms with Gasteiger partial charge in [-0.25, -0.2) is 0 Å². The summed E-state index contributed by atoms with van der Waals surface area (Å²) in [6.07, 6.45) is 6.62. The molecule has 1 aromatic rings. The Morgan fingerprint density at radius 3 is 2.77 bits per heavy atom. The average molecular weight is 358 g/mol. The van der Waals surface area contributed by atoms with E-state index in [9.17, 15) is 0 Å². The largest absolute Gasteiger partial charge is 0.379 e. The minimum Gasteiger partial charge on any atom is -0.379 e. The van der Waals surface area contributed by atoms with E-state index in [1.807, 2.05) is 0 Å². The highest BCUT2D eigenvalue weighted by molar-refractivity contribution is 5.25. The maximum absolute atomic E-state index is 5.72. The molecule has 0 bridgehead atoms. The number of nitrogens with zero attached hydrogens (tertiary/aromatic N) is 1. The van der Waals surface area contributed by atoms with Gasteiger partial charge in [-0.1, -0.05) is 30.7 Å². The van der Waals surface area contributed by atoms with Gasteiger partial charge in [-0.05, 0) is 62.7 Å². The molecular weight excluding hydrogens is 322 g/mol. The highest BCUT2D eigenvalue weighted by atomic mass is 16.5. The molecule has 26 heavy (non-hydrogen) atoms. The number of hydrogen-bond donors (Lipinski definition) is 2. The monoisotopic (exact) mass is 357 g/mol. The fraction of sp³-hybridized carbons (Fsp3) is 0.727. The van der Waals surface area contributed by atoms with Gasteiger partial charge in [-0.15, -0.1) is 0 Å². The van der Waals surface area contributed by atoms with E-state index in [1.165, 1.54) is 56.3 Å². The van der Waals surface area contributed by atoms with Crippen molar-refractivity contribution in [2.24, 2.45) is 5.92 Å². The van der Waals surface area contributed by atoms with Gasteiger partial charge < -0.3 is 15.4 Å². The predicted molar refractivity (Wildman–Crippen MR) is 106 cm³/mol. The minimum absolute atomic E-state index is 0.560. The summed E-state index contributed by atoms with van der Waals surface area (Å²) in [6.45, 7) is 8.56. The Labute approximate surface area is 158 Å². The zero-order valence-corrected chi connectivity index (χ0v) is 16.3. The van der Waals surface area contributed by atoms with Crippen molar-refractivity contribution in [3.63, 3.8) is 0 Å². The number of piperidine rings is 1. The average Bonchev–Trinajstić information content (AvgIpc) is 3.14. The molecule has 2 aliphatic heterocycles. The second-order valence-electron chi connectivity index (χ2n) is 8.48. The lowest BCUT2D eigenvalue weighted by molar-refractivity contribution is 0.0505. The lowest BCUT2D eigenvalue weighted by Crippen LogP contribution is -2.53. The van der Waals surface area contributed by atoms with Gasteiger partial charge in [0, 0.05) is 31.2 Å². The van der Waals surface area contributed by atoms with Crippen molar-refractivity contribution in [1.82, 2.24) is 15.5 Å². The Morgan fingerprint density at radius 1 is 1.15 bits per heavy atom. The summed E-state index contributed by atoms with van der Waals surface area (Å²) in [5, 5.41) is 7.73. The number of likely N-dealkylation sites (tertiary alicyclic amines) is 1. The van der Waals surface area contributed by atoms with Crippen molar-refractivity contribution < 1.29 is 4.74 Å². The quantitative estimate of drug-likeness (QED) is 0.850. The second kappa shape index (κ2) is 8.83. The van der Waals surface area contributed by atoms with Crippen molar-refractivity contribution in [3.8, 4) is 0 Å². The summed E-state index contributed by atoms with van der Waals surface area (Å²) in [5.74, 6) is 0.750. The van der Waals surface area contributed by atoms with Crippen LogP contribution in [-0.2, 0) is 11.3 Å². The van der Waals surface area contributed by atoms with Crippen LogP contribution in [0.3, 0.4) is 0 Å². The molecule has 0 radical (unpaired) electrons. The van der Waals surface area contributed by atoms with Crippen LogP contribution in [0, 0.1) is 12.8 Å². The Hall–Kier alpha value is -0.940. The lowest BCUT2D eigenvalue weighted by Gasteiger charge is -2.38. The molecule has 4 heteroatoms. The normalized spacial score (nSPS) is 31.3. The first-order valence-corrected chi connectivity index (χ1v) is 10.6. The van der Waals surface area contributed by atoms with Crippen LogP contribution in [-0.4, -0.2) is 55.9 Å². The van der Waals surface area contributed by atoms with Crippen LogP contribution in [0.1, 0.15) is 43.2 Å². The zero-order valence-electron chi connectivity index (χ0n) is 16.3. The second-order valence-corrected chi connectivity index (χ2v) is 8.48. The maximum atomic E-state index is 5.72. The molecule has 3 fully saturated rings. The molecule has 0 aromatic heterocycles. The number of aryl methyl sites for hydroxylation is 1. The third kappa shape index (κ3) is 4.48. The molecule has 3 atom stereocenters. The molecule has 3 aliphatic rings. The predicted octanol–water partition coefficient (Wildman–Crippen LogP) is 2.71. The van der Waals surface area contributed by atoms with E-state index in [2.05, 4.69) is 46.7 Å². The minimum atomic E-state index is 0.560. The third-order valence-corrected chi connectivity index (χ3v) is 6.73. The van der Waals surface area contributed by atoms with Gasteiger partial charge in [0.15, 0.2) is 0 Å². The summed E-state index contributed by atoms with van der Waals surface area (Å²) >= 11 is 0. The van der Waals surface area contributed by atoms with Gasteiger partial charge in [0.05, 0.1) is 13.2 Å². The van der Waals surface area contributed by atoms with Crippen molar-refractivity contribution >= 4 is 0 Å². The van der Waals surface area contributed by atoms with Gasteiger partial charge in [0.25, 0.3) is 0 Å². The summed E-state index contributed by atoms with van der Waals surface area (Å²) in [7, 11) is 0. The molecule has 1 aliphatic carbocycles. The Morgan fingerprint density at radius 2 is 2.00 bits per heavy atom. The van der Waals surface area contributed by atoms with Gasteiger partial charge in [-0.2, -0.15) is 0 Å². The van der Waals surface area contributed by atoms with Crippen LogP contribution in [0.4, 0.5) is 0 Å². The molecule has 0 spiro atoms. The highest BCUT2D eigenvalue weighted by Crippen LogP contribution is 2.30. The Balaban J connectivity index is 1.25. The summed E-state index contributed by atoms with van der Waals surface area (Å²) < 4.78 is 5.72. The van der Waals surface area contributed by atoms with E-state index in [0.717, 1.165) is 32.2 Å². The van der Waals surface area contributed by atoms with Gasteiger partial charge >= 0.3 is 0 Å². The molecule has 2 N–H and O–H groups in total. The van der Waals surface area contributed by atoms with Crippen LogP contribution in [0.15, 0.2) is 24.3 Å². The van der Waals surface area contributed by atoms with E-state index < -0.39 is 0 Å². The van der Waals surface area contributed by atoms with Crippen LogP contribution in [0.5, 0.6) is 0 Å². The summed E-state index contributed by atoms with van der Waals surface area (Å²) in [6, 6.07) is 10.7. The third-order valence-electron chi connectivity index (χ3n) is 6.73. The maximum Gasteiger partial charge on any atom is 0.0623 e. The van der Waals surface area contributed by atoms with E-state index >= 15 is 0 Å². The first-order chi connectivity index (χ1) is 12.8. The number of morpholine rings is 1. The van der Waals surface area contributed by atoms with Crippen LogP contribution in [0.2, 0.25) is 0 Å². The fourth-order valence-corrected chi connectivity index (χ4v) is 5.13. The van der Waals surface area contributed by atoms with Gasteiger partial charge in [-0.3, -0.25) is 4.90 Å². The molecule has 0 amide bonds. The smallest absolute Gasteiger partial charge is 0.0623 e. The van der Waals surface area contributed by atoms with Crippen molar-refractivity contribution in [1.29, 1.82) is 0 Å². The Bertz CT molecular complexity index is 564. The highest BCUT2D eigenvalue weighted by Gasteiger charge is 2.36. The standard InChI is InChI=1S/C22H35N3O/c1-17-5-2-3-6-18(17)15-25-12-9-19(10-13-25)24-21-8-4-7-20(21)22-16-26-14-11-23-22/h2-3,5-6,19-24H,4,7-16H2,1H3. The van der Waals surface area contributed by atoms with Crippen LogP contribution in [0.25, 0.3) is 0 Å². The van der Waals surface area contributed by atoms with E-state index in [4.69, 9.17) is 4.74 Å². The van der Waals surface area contributed by atoms with Crippen molar-refractivity contribution in [3.05, 3.63) is 35.4 Å². The van der Waals surface area contributed by atoms with Crippen LogP contribution >= 0.6 is 0 Å². The molecule has 144 valence electrons. The van der Waals surface area contributed by atoms with Crippen molar-refractivity contribution in [2.75, 3.05) is 32.8 Å². The zero-order chi connectivity index (χ0) is 17.8. The number of rotatable bonds is 5. The van der Waals surface area contributed by atoms with E-state index in [1.54, 1.807) is 0 Å². The number of ether oxygens (including phenoxy) is 1. The number of hydrogen-bond acceptors (Lipinski definition) is 4. The molecule has 1 aromatic carbocycles. The first kappa shape index (κ1) is 18.4. The molecule has 1 saturated carbocycles. The molecule has 4 rings (SSSR count).